The molecule has 6 heteroatoms. The predicted molar refractivity (Wildman–Crippen MR) is 362 cm³/mol. The Hall–Kier alpha value is -3.67. The van der Waals surface area contributed by atoms with E-state index in [1.165, 1.54) is 199 Å². The summed E-state index contributed by atoms with van der Waals surface area (Å²) in [4.78, 5) is 38.4. The summed E-state index contributed by atoms with van der Waals surface area (Å²) >= 11 is 0. The number of ether oxygens (including phenoxy) is 3. The van der Waals surface area contributed by atoms with Crippen LogP contribution in [0.4, 0.5) is 0 Å². The van der Waals surface area contributed by atoms with Gasteiger partial charge < -0.3 is 14.2 Å². The molecule has 0 aromatic rings. The van der Waals surface area contributed by atoms with Crippen LogP contribution in [-0.2, 0) is 28.6 Å². The molecule has 0 aliphatic carbocycles. The largest absolute Gasteiger partial charge is 0.462 e. The van der Waals surface area contributed by atoms with Crippen molar-refractivity contribution in [3.8, 4) is 0 Å². The van der Waals surface area contributed by atoms with Crippen LogP contribution < -0.4 is 0 Å². The van der Waals surface area contributed by atoms with Crippen molar-refractivity contribution in [2.24, 2.45) is 0 Å². The van der Waals surface area contributed by atoms with Gasteiger partial charge in [0.2, 0.25) is 0 Å². The minimum atomic E-state index is -0.788. The van der Waals surface area contributed by atoms with Crippen LogP contribution >= 0.6 is 0 Å². The fraction of sp³-hybridized carbons (Fsp3) is 0.753. The van der Waals surface area contributed by atoms with Gasteiger partial charge in [-0.25, -0.2) is 0 Å². The summed E-state index contributed by atoms with van der Waals surface area (Å²) in [5.41, 5.74) is 0. The average molecular weight is 1160 g/mol. The van der Waals surface area contributed by atoms with E-state index in [1.807, 2.05) is 0 Å². The molecule has 1 atom stereocenters. The van der Waals surface area contributed by atoms with E-state index < -0.39 is 6.10 Å². The Morgan fingerprint density at radius 1 is 0.253 bits per heavy atom. The monoisotopic (exact) mass is 1160 g/mol. The Balaban J connectivity index is 4.24. The van der Waals surface area contributed by atoms with Gasteiger partial charge in [-0.1, -0.05) is 311 Å². The highest BCUT2D eigenvalue weighted by atomic mass is 16.6. The summed E-state index contributed by atoms with van der Waals surface area (Å²) in [6.45, 7) is 6.52. The van der Waals surface area contributed by atoms with Crippen LogP contribution in [0.3, 0.4) is 0 Å². The van der Waals surface area contributed by atoms with E-state index in [9.17, 15) is 14.4 Å². The Morgan fingerprint density at radius 2 is 0.470 bits per heavy atom. The standard InChI is InChI=1S/C77H134O6/c1-4-7-10-13-16-19-22-25-27-29-31-33-34-35-36-37-38-39-40-41-42-44-45-47-49-52-55-58-61-64-67-70-76(79)82-73-74(72-81-75(78)69-66-63-60-57-54-51-24-21-18-15-12-9-6-3)83-77(80)71-68-65-62-59-56-53-50-48-46-43-32-30-28-26-23-20-17-14-11-8-5-2/h7,10,16,19,21,23-27,30-33,46,48,74H,4-6,8-9,11-15,17-18,20,22,28-29,34-45,47,49-73H2,1-3H3/b10-7-,19-16-,24-21-,26-23-,27-25-,32-30-,33-31-,48-46-. The molecule has 0 aliphatic heterocycles. The summed E-state index contributed by atoms with van der Waals surface area (Å²) in [5.74, 6) is -0.887. The molecule has 0 aromatic heterocycles. The van der Waals surface area contributed by atoms with Crippen molar-refractivity contribution in [3.05, 3.63) is 97.2 Å². The topological polar surface area (TPSA) is 78.9 Å². The van der Waals surface area contributed by atoms with Crippen molar-refractivity contribution in [3.63, 3.8) is 0 Å². The first kappa shape index (κ1) is 79.3. The number of esters is 3. The first-order valence-electron chi connectivity index (χ1n) is 35.7. The number of carbonyl (C=O) groups is 3. The maximum absolute atomic E-state index is 12.9. The molecule has 0 heterocycles. The van der Waals surface area contributed by atoms with Gasteiger partial charge in [0.1, 0.15) is 13.2 Å². The fourth-order valence-electron chi connectivity index (χ4n) is 10.2. The summed E-state index contributed by atoms with van der Waals surface area (Å²) in [6.07, 6.45) is 95.8. The third-order valence-corrected chi connectivity index (χ3v) is 15.5. The third kappa shape index (κ3) is 69.0. The van der Waals surface area contributed by atoms with E-state index in [0.29, 0.717) is 19.3 Å². The highest BCUT2D eigenvalue weighted by Crippen LogP contribution is 2.17. The van der Waals surface area contributed by atoms with Gasteiger partial charge in [-0.3, -0.25) is 14.4 Å². The zero-order chi connectivity index (χ0) is 59.9. The number of unbranched alkanes of at least 4 members (excludes halogenated alkanes) is 38. The third-order valence-electron chi connectivity index (χ3n) is 15.5. The highest BCUT2D eigenvalue weighted by molar-refractivity contribution is 5.71. The zero-order valence-corrected chi connectivity index (χ0v) is 54.9. The SMILES string of the molecule is CC/C=C\C/C=C\C/C=C\C/C=C\CCCCCCCCCCCCCCCCCCCCC(=O)OCC(COC(=O)CCCCCCC/C=C\CCCCCC)OC(=O)CCCCCCCC/C=C\C/C=C\C/C=C\CCCCCCC. The maximum atomic E-state index is 12.9. The Morgan fingerprint density at radius 3 is 0.759 bits per heavy atom. The molecular weight excluding hydrogens is 1020 g/mol. The minimum Gasteiger partial charge on any atom is -0.462 e. The van der Waals surface area contributed by atoms with Crippen LogP contribution in [0, 0.1) is 0 Å². The van der Waals surface area contributed by atoms with Crippen molar-refractivity contribution in [1.29, 1.82) is 0 Å². The molecule has 0 saturated heterocycles. The van der Waals surface area contributed by atoms with Gasteiger partial charge in [-0.05, 0) is 122 Å². The highest BCUT2D eigenvalue weighted by Gasteiger charge is 2.19. The van der Waals surface area contributed by atoms with Crippen LogP contribution in [0.25, 0.3) is 0 Å². The Labute approximate surface area is 515 Å². The van der Waals surface area contributed by atoms with Gasteiger partial charge >= 0.3 is 17.9 Å². The van der Waals surface area contributed by atoms with Crippen LogP contribution in [0.1, 0.15) is 355 Å². The predicted octanol–water partition coefficient (Wildman–Crippen LogP) is 24.8. The van der Waals surface area contributed by atoms with Crippen molar-refractivity contribution < 1.29 is 28.6 Å². The summed E-state index contributed by atoms with van der Waals surface area (Å²) < 4.78 is 17.0. The quantitative estimate of drug-likeness (QED) is 0.0261. The second-order valence-corrected chi connectivity index (χ2v) is 23.8. The molecule has 6 nitrogen and oxygen atoms in total. The van der Waals surface area contributed by atoms with Crippen LogP contribution in [0.2, 0.25) is 0 Å². The van der Waals surface area contributed by atoms with E-state index in [0.717, 1.165) is 116 Å². The van der Waals surface area contributed by atoms with Crippen LogP contribution in [-0.4, -0.2) is 37.2 Å². The number of hydrogen-bond acceptors (Lipinski definition) is 6. The lowest BCUT2D eigenvalue weighted by molar-refractivity contribution is -0.167. The van der Waals surface area contributed by atoms with Crippen LogP contribution in [0.5, 0.6) is 0 Å². The molecule has 0 N–H and O–H groups in total. The van der Waals surface area contributed by atoms with Gasteiger partial charge in [0.25, 0.3) is 0 Å². The minimum absolute atomic E-state index is 0.0823. The fourth-order valence-corrected chi connectivity index (χ4v) is 10.2. The molecule has 1 unspecified atom stereocenters. The van der Waals surface area contributed by atoms with Crippen LogP contribution in [0.15, 0.2) is 97.2 Å². The van der Waals surface area contributed by atoms with E-state index in [-0.39, 0.29) is 31.1 Å². The van der Waals surface area contributed by atoms with E-state index in [2.05, 4.69) is 118 Å². The molecule has 0 radical (unpaired) electrons. The molecular formula is C77H134O6. The number of hydrogen-bond donors (Lipinski definition) is 0. The first-order chi connectivity index (χ1) is 41.0. The van der Waals surface area contributed by atoms with Gasteiger partial charge in [0.05, 0.1) is 0 Å². The molecule has 83 heavy (non-hydrogen) atoms. The van der Waals surface area contributed by atoms with Crippen molar-refractivity contribution in [1.82, 2.24) is 0 Å². The molecule has 0 aliphatic rings. The lowest BCUT2D eigenvalue weighted by atomic mass is 10.0. The van der Waals surface area contributed by atoms with Crippen molar-refractivity contribution in [2.75, 3.05) is 13.2 Å². The van der Waals surface area contributed by atoms with Gasteiger partial charge in [0, 0.05) is 19.3 Å². The summed E-state index contributed by atoms with van der Waals surface area (Å²) in [6, 6.07) is 0. The lowest BCUT2D eigenvalue weighted by Gasteiger charge is -2.18. The molecule has 0 saturated carbocycles. The van der Waals surface area contributed by atoms with E-state index in [4.69, 9.17) is 14.2 Å². The summed E-state index contributed by atoms with van der Waals surface area (Å²) in [7, 11) is 0. The first-order valence-corrected chi connectivity index (χ1v) is 35.7. The molecule has 478 valence electrons. The summed E-state index contributed by atoms with van der Waals surface area (Å²) in [5, 5.41) is 0. The lowest BCUT2D eigenvalue weighted by Crippen LogP contribution is -2.30. The van der Waals surface area contributed by atoms with Gasteiger partial charge in [-0.15, -0.1) is 0 Å². The average Bonchev–Trinajstić information content (AvgIpc) is 3.49. The van der Waals surface area contributed by atoms with Gasteiger partial charge in [-0.2, -0.15) is 0 Å². The van der Waals surface area contributed by atoms with E-state index >= 15 is 0 Å². The van der Waals surface area contributed by atoms with Crippen molar-refractivity contribution >= 4 is 17.9 Å². The van der Waals surface area contributed by atoms with E-state index in [1.54, 1.807) is 0 Å². The Kier molecular flexibility index (Phi) is 67.7. The molecule has 0 rings (SSSR count). The van der Waals surface area contributed by atoms with Crippen molar-refractivity contribution in [2.45, 2.75) is 361 Å². The molecule has 0 bridgehead atoms. The molecule has 0 fully saturated rings. The number of allylic oxidation sites excluding steroid dienone is 16. The second kappa shape index (κ2) is 70.8. The zero-order valence-electron chi connectivity index (χ0n) is 54.9. The van der Waals surface area contributed by atoms with Gasteiger partial charge in [0.15, 0.2) is 6.10 Å². The number of carbonyl (C=O) groups excluding carboxylic acids is 3. The molecule has 0 spiro atoms. The maximum Gasteiger partial charge on any atom is 0.306 e. The smallest absolute Gasteiger partial charge is 0.306 e. The number of rotatable bonds is 65. The normalized spacial score (nSPS) is 12.7. The molecule has 0 aromatic carbocycles. The Bertz CT molecular complexity index is 1610. The molecule has 0 amide bonds. The second-order valence-electron chi connectivity index (χ2n) is 23.8.